The molecular formula is C12H18ClN3. The molecule has 1 aliphatic heterocycles. The first-order valence-electron chi connectivity index (χ1n) is 5.88. The molecule has 1 fully saturated rings. The van der Waals surface area contributed by atoms with E-state index in [1.165, 1.54) is 0 Å². The van der Waals surface area contributed by atoms with Crippen LogP contribution in [0.25, 0.3) is 0 Å². The van der Waals surface area contributed by atoms with Gasteiger partial charge >= 0.3 is 0 Å². The Morgan fingerprint density at radius 2 is 2.25 bits per heavy atom. The van der Waals surface area contributed by atoms with Crippen molar-refractivity contribution in [3.05, 3.63) is 29.0 Å². The molecule has 16 heavy (non-hydrogen) atoms. The number of nitrogens with zero attached hydrogens (tertiary/aromatic N) is 2. The van der Waals surface area contributed by atoms with Gasteiger partial charge in [-0.05, 0) is 12.5 Å². The van der Waals surface area contributed by atoms with E-state index in [1.807, 2.05) is 6.07 Å². The maximum atomic E-state index is 6.16. The van der Waals surface area contributed by atoms with E-state index in [4.69, 9.17) is 11.6 Å². The van der Waals surface area contributed by atoms with Gasteiger partial charge in [-0.2, -0.15) is 0 Å². The first kappa shape index (κ1) is 11.8. The number of hydrogen-bond donors (Lipinski definition) is 1. The molecule has 88 valence electrons. The van der Waals surface area contributed by atoms with Crippen LogP contribution in [0, 0.1) is 0 Å². The maximum absolute atomic E-state index is 6.16. The Kier molecular flexibility index (Phi) is 4.16. The van der Waals surface area contributed by atoms with Crippen molar-refractivity contribution in [2.45, 2.75) is 19.4 Å². The van der Waals surface area contributed by atoms with Gasteiger partial charge in [0.05, 0.1) is 0 Å². The number of nitrogens with one attached hydrogen (secondary N) is 1. The molecule has 1 atom stereocenters. The molecule has 0 amide bonds. The van der Waals surface area contributed by atoms with Gasteiger partial charge in [-0.25, -0.2) is 4.98 Å². The molecular weight excluding hydrogens is 222 g/mol. The SMILES string of the molecule is CC[C@@H](c1cccnc1Cl)N1CCNCC1. The Bertz CT molecular complexity index is 337. The van der Waals surface area contributed by atoms with Crippen molar-refractivity contribution in [2.75, 3.05) is 26.2 Å². The third-order valence-corrected chi connectivity index (χ3v) is 3.44. The van der Waals surface area contributed by atoms with Crippen LogP contribution in [0.5, 0.6) is 0 Å². The Balaban J connectivity index is 2.18. The van der Waals surface area contributed by atoms with Crippen LogP contribution in [0.15, 0.2) is 18.3 Å². The van der Waals surface area contributed by atoms with Gasteiger partial charge in [-0.15, -0.1) is 0 Å². The van der Waals surface area contributed by atoms with Crippen LogP contribution in [0.1, 0.15) is 24.9 Å². The number of rotatable bonds is 3. The largest absolute Gasteiger partial charge is 0.314 e. The lowest BCUT2D eigenvalue weighted by molar-refractivity contribution is 0.169. The summed E-state index contributed by atoms with van der Waals surface area (Å²) in [6, 6.07) is 4.46. The van der Waals surface area contributed by atoms with E-state index >= 15 is 0 Å². The molecule has 1 aromatic heterocycles. The van der Waals surface area contributed by atoms with Crippen molar-refractivity contribution in [1.82, 2.24) is 15.2 Å². The fourth-order valence-corrected chi connectivity index (χ4v) is 2.56. The molecule has 0 radical (unpaired) electrons. The Hall–Kier alpha value is -0.640. The number of hydrogen-bond acceptors (Lipinski definition) is 3. The Morgan fingerprint density at radius 3 is 2.88 bits per heavy atom. The summed E-state index contributed by atoms with van der Waals surface area (Å²) < 4.78 is 0. The van der Waals surface area contributed by atoms with Crippen molar-refractivity contribution in [2.24, 2.45) is 0 Å². The van der Waals surface area contributed by atoms with E-state index in [0.717, 1.165) is 38.2 Å². The molecule has 1 aromatic rings. The van der Waals surface area contributed by atoms with Crippen LogP contribution in [0.4, 0.5) is 0 Å². The predicted molar refractivity (Wildman–Crippen MR) is 66.7 cm³/mol. The van der Waals surface area contributed by atoms with Gasteiger partial charge in [0.1, 0.15) is 5.15 Å². The Labute approximate surface area is 102 Å². The summed E-state index contributed by atoms with van der Waals surface area (Å²) >= 11 is 6.16. The first-order valence-corrected chi connectivity index (χ1v) is 6.26. The number of pyridine rings is 1. The van der Waals surface area contributed by atoms with Crippen molar-refractivity contribution in [1.29, 1.82) is 0 Å². The zero-order valence-corrected chi connectivity index (χ0v) is 10.4. The van der Waals surface area contributed by atoms with E-state index in [0.29, 0.717) is 11.2 Å². The maximum Gasteiger partial charge on any atom is 0.133 e. The first-order chi connectivity index (χ1) is 7.83. The van der Waals surface area contributed by atoms with Gasteiger partial charge in [0.25, 0.3) is 0 Å². The number of piperazine rings is 1. The zero-order valence-electron chi connectivity index (χ0n) is 9.62. The number of aromatic nitrogens is 1. The van der Waals surface area contributed by atoms with Crippen molar-refractivity contribution in [3.8, 4) is 0 Å². The van der Waals surface area contributed by atoms with Crippen molar-refractivity contribution < 1.29 is 0 Å². The molecule has 1 N–H and O–H groups in total. The molecule has 0 saturated carbocycles. The molecule has 0 aromatic carbocycles. The highest BCUT2D eigenvalue weighted by Crippen LogP contribution is 2.28. The normalized spacial score (nSPS) is 19.6. The molecule has 2 heterocycles. The average Bonchev–Trinajstić information content (AvgIpc) is 2.34. The molecule has 0 aliphatic carbocycles. The molecule has 0 bridgehead atoms. The lowest BCUT2D eigenvalue weighted by Crippen LogP contribution is -2.45. The van der Waals surface area contributed by atoms with Crippen LogP contribution >= 0.6 is 11.6 Å². The molecule has 0 spiro atoms. The highest BCUT2D eigenvalue weighted by Gasteiger charge is 2.22. The minimum Gasteiger partial charge on any atom is -0.314 e. The lowest BCUT2D eigenvalue weighted by Gasteiger charge is -2.34. The number of halogens is 1. The quantitative estimate of drug-likeness (QED) is 0.819. The smallest absolute Gasteiger partial charge is 0.133 e. The van der Waals surface area contributed by atoms with Gasteiger partial charge in [-0.3, -0.25) is 4.90 Å². The lowest BCUT2D eigenvalue weighted by atomic mass is 10.0. The third kappa shape index (κ3) is 2.54. The summed E-state index contributed by atoms with van der Waals surface area (Å²) in [4.78, 5) is 6.65. The van der Waals surface area contributed by atoms with Gasteiger partial charge in [0.15, 0.2) is 0 Å². The summed E-state index contributed by atoms with van der Waals surface area (Å²) in [6.45, 7) is 6.51. The molecule has 1 aliphatic rings. The summed E-state index contributed by atoms with van der Waals surface area (Å²) in [7, 11) is 0. The molecule has 2 rings (SSSR count). The second-order valence-electron chi connectivity index (χ2n) is 4.09. The predicted octanol–water partition coefficient (Wildman–Crippen LogP) is 2.09. The summed E-state index contributed by atoms with van der Waals surface area (Å²) in [5.74, 6) is 0. The van der Waals surface area contributed by atoms with Gasteiger partial charge in [0.2, 0.25) is 0 Å². The topological polar surface area (TPSA) is 28.2 Å². The molecule has 0 unspecified atom stereocenters. The van der Waals surface area contributed by atoms with E-state index < -0.39 is 0 Å². The summed E-state index contributed by atoms with van der Waals surface area (Å²) in [5, 5.41) is 4.02. The van der Waals surface area contributed by atoms with Crippen molar-refractivity contribution >= 4 is 11.6 Å². The van der Waals surface area contributed by atoms with E-state index in [9.17, 15) is 0 Å². The fraction of sp³-hybridized carbons (Fsp3) is 0.583. The second kappa shape index (κ2) is 5.62. The van der Waals surface area contributed by atoms with Gasteiger partial charge < -0.3 is 5.32 Å². The molecule has 4 heteroatoms. The average molecular weight is 240 g/mol. The standard InChI is InChI=1S/C12H18ClN3/c1-2-11(16-8-6-14-7-9-16)10-4-3-5-15-12(10)13/h3-5,11,14H,2,6-9H2,1H3/t11-/m0/s1. The molecule has 3 nitrogen and oxygen atoms in total. The van der Waals surface area contributed by atoms with E-state index in [-0.39, 0.29) is 0 Å². The highest BCUT2D eigenvalue weighted by atomic mass is 35.5. The molecule has 1 saturated heterocycles. The van der Waals surface area contributed by atoms with Crippen molar-refractivity contribution in [3.63, 3.8) is 0 Å². The minimum atomic E-state index is 0.406. The monoisotopic (exact) mass is 239 g/mol. The third-order valence-electron chi connectivity index (χ3n) is 3.13. The van der Waals surface area contributed by atoms with Crippen LogP contribution in [0.3, 0.4) is 0 Å². The van der Waals surface area contributed by atoms with Crippen LogP contribution in [-0.2, 0) is 0 Å². The van der Waals surface area contributed by atoms with Gasteiger partial charge in [-0.1, -0.05) is 24.6 Å². The van der Waals surface area contributed by atoms with E-state index in [1.54, 1.807) is 6.20 Å². The fourth-order valence-electron chi connectivity index (χ4n) is 2.32. The zero-order chi connectivity index (χ0) is 11.4. The summed E-state index contributed by atoms with van der Waals surface area (Å²) in [6.07, 6.45) is 2.82. The second-order valence-corrected chi connectivity index (χ2v) is 4.45. The van der Waals surface area contributed by atoms with Crippen LogP contribution < -0.4 is 5.32 Å². The van der Waals surface area contributed by atoms with Crippen LogP contribution in [-0.4, -0.2) is 36.1 Å². The van der Waals surface area contributed by atoms with E-state index in [2.05, 4.69) is 28.2 Å². The highest BCUT2D eigenvalue weighted by molar-refractivity contribution is 6.30. The van der Waals surface area contributed by atoms with Crippen LogP contribution in [0.2, 0.25) is 5.15 Å². The van der Waals surface area contributed by atoms with Gasteiger partial charge in [0, 0.05) is 44.0 Å². The Morgan fingerprint density at radius 1 is 1.50 bits per heavy atom. The minimum absolute atomic E-state index is 0.406. The summed E-state index contributed by atoms with van der Waals surface area (Å²) in [5.41, 5.74) is 1.16.